The lowest BCUT2D eigenvalue weighted by atomic mass is 10.0. The molecule has 0 fully saturated rings. The van der Waals surface area contributed by atoms with E-state index in [1.807, 2.05) is 0 Å². The highest BCUT2D eigenvalue weighted by atomic mass is 35.5. The summed E-state index contributed by atoms with van der Waals surface area (Å²) in [5.41, 5.74) is -1.32. The van der Waals surface area contributed by atoms with Gasteiger partial charge in [0.25, 0.3) is 10.0 Å². The molecule has 0 unspecified atom stereocenters. The summed E-state index contributed by atoms with van der Waals surface area (Å²) < 4.78 is 70.4. The Labute approximate surface area is 298 Å². The third kappa shape index (κ3) is 9.91. The molecule has 4 rings (SSSR count). The molecule has 0 saturated carbocycles. The van der Waals surface area contributed by atoms with E-state index >= 15 is 0 Å². The summed E-state index contributed by atoms with van der Waals surface area (Å²) >= 11 is 18.8. The van der Waals surface area contributed by atoms with Crippen molar-refractivity contribution in [3.63, 3.8) is 0 Å². The standard InChI is InChI=1S/C35H33Cl3F3N3O4S/c1-34(2,3)42-33(46)31(19-23-10-6-4-7-11-23)43(21-24-14-16-27(36)29(38)18-24)32(45)22-44(49(47,48)26-12-8-5-9-13-26)30-20-25(35(39,40)41)15-17-28(30)37/h4-18,20,31H,19,21-22H2,1-3H3,(H,42,46)/t31-/m1/s1. The molecule has 0 aliphatic heterocycles. The maximum atomic E-state index is 14.6. The Morgan fingerprint density at radius 1 is 0.776 bits per heavy atom. The number of carbonyl (C=O) groups excluding carboxylic acids is 2. The molecule has 1 atom stereocenters. The average Bonchev–Trinajstić information content (AvgIpc) is 3.03. The molecular formula is C35H33Cl3F3N3O4S. The van der Waals surface area contributed by atoms with Crippen molar-refractivity contribution in [2.75, 3.05) is 10.8 Å². The molecule has 0 saturated heterocycles. The molecule has 4 aromatic rings. The summed E-state index contributed by atoms with van der Waals surface area (Å²) in [5.74, 6) is -1.44. The van der Waals surface area contributed by atoms with Crippen LogP contribution < -0.4 is 9.62 Å². The first-order valence-corrected chi connectivity index (χ1v) is 17.5. The highest BCUT2D eigenvalue weighted by Gasteiger charge is 2.38. The fourth-order valence-corrected chi connectivity index (χ4v) is 6.99. The van der Waals surface area contributed by atoms with Crippen LogP contribution in [0, 0.1) is 0 Å². The van der Waals surface area contributed by atoms with Crippen LogP contribution >= 0.6 is 34.8 Å². The van der Waals surface area contributed by atoms with Gasteiger partial charge in [0.1, 0.15) is 12.6 Å². The normalized spacial score (nSPS) is 12.7. The van der Waals surface area contributed by atoms with E-state index in [1.165, 1.54) is 41.3 Å². The number of anilines is 1. The number of halogens is 6. The molecule has 14 heteroatoms. The van der Waals surface area contributed by atoms with Crippen LogP contribution in [0.3, 0.4) is 0 Å². The van der Waals surface area contributed by atoms with Crippen molar-refractivity contribution < 1.29 is 31.2 Å². The molecule has 0 aliphatic rings. The second kappa shape index (κ2) is 15.4. The van der Waals surface area contributed by atoms with Gasteiger partial charge in [-0.2, -0.15) is 13.2 Å². The number of hydrogen-bond acceptors (Lipinski definition) is 4. The van der Waals surface area contributed by atoms with Crippen molar-refractivity contribution in [2.45, 2.75) is 56.4 Å². The monoisotopic (exact) mass is 753 g/mol. The molecule has 7 nitrogen and oxygen atoms in total. The van der Waals surface area contributed by atoms with Crippen LogP contribution in [0.5, 0.6) is 0 Å². The summed E-state index contributed by atoms with van der Waals surface area (Å²) in [7, 11) is -4.69. The summed E-state index contributed by atoms with van der Waals surface area (Å²) in [6, 6.07) is 21.4. The zero-order valence-corrected chi connectivity index (χ0v) is 29.7. The zero-order chi connectivity index (χ0) is 36.1. The van der Waals surface area contributed by atoms with Gasteiger partial charge in [0.2, 0.25) is 11.8 Å². The lowest BCUT2D eigenvalue weighted by molar-refractivity contribution is -0.140. The summed E-state index contributed by atoms with van der Waals surface area (Å²) in [4.78, 5) is 29.4. The van der Waals surface area contributed by atoms with Crippen molar-refractivity contribution in [1.29, 1.82) is 0 Å². The van der Waals surface area contributed by atoms with Gasteiger partial charge in [-0.15, -0.1) is 0 Å². The summed E-state index contributed by atoms with van der Waals surface area (Å²) in [6.45, 7) is 4.05. The Kier molecular flexibility index (Phi) is 12.0. The number of benzene rings is 4. The number of hydrogen-bond donors (Lipinski definition) is 1. The van der Waals surface area contributed by atoms with Crippen molar-refractivity contribution in [3.8, 4) is 0 Å². The second-order valence-corrected chi connectivity index (χ2v) is 15.3. The molecule has 2 amide bonds. The third-order valence-electron chi connectivity index (χ3n) is 7.26. The number of alkyl halides is 3. The van der Waals surface area contributed by atoms with Gasteiger partial charge in [0, 0.05) is 18.5 Å². The zero-order valence-electron chi connectivity index (χ0n) is 26.6. The number of carbonyl (C=O) groups is 2. The van der Waals surface area contributed by atoms with Gasteiger partial charge in [0.05, 0.1) is 31.2 Å². The van der Waals surface area contributed by atoms with Gasteiger partial charge in [0.15, 0.2) is 0 Å². The van der Waals surface area contributed by atoms with E-state index in [2.05, 4.69) is 5.32 Å². The minimum Gasteiger partial charge on any atom is -0.350 e. The first-order chi connectivity index (χ1) is 22.9. The van der Waals surface area contributed by atoms with E-state index in [4.69, 9.17) is 34.8 Å². The minimum absolute atomic E-state index is 0.0194. The Balaban J connectivity index is 1.90. The summed E-state index contributed by atoms with van der Waals surface area (Å²) in [5, 5.41) is 2.97. The molecule has 49 heavy (non-hydrogen) atoms. The lowest BCUT2D eigenvalue weighted by Gasteiger charge is -2.35. The smallest absolute Gasteiger partial charge is 0.350 e. The Hall–Kier alpha value is -3.77. The fraction of sp³-hybridized carbons (Fsp3) is 0.257. The number of rotatable bonds is 11. The van der Waals surface area contributed by atoms with Gasteiger partial charge in [-0.3, -0.25) is 13.9 Å². The van der Waals surface area contributed by atoms with Crippen molar-refractivity contribution in [3.05, 3.63) is 129 Å². The van der Waals surface area contributed by atoms with E-state index in [0.717, 1.165) is 6.07 Å². The minimum atomic E-state index is -4.85. The van der Waals surface area contributed by atoms with Crippen LogP contribution in [0.2, 0.25) is 15.1 Å². The fourth-order valence-electron chi connectivity index (χ4n) is 4.95. The molecule has 4 aromatic carbocycles. The number of nitrogens with one attached hydrogen (secondary N) is 1. The molecule has 0 spiro atoms. The van der Waals surface area contributed by atoms with Crippen LogP contribution in [0.25, 0.3) is 0 Å². The van der Waals surface area contributed by atoms with Gasteiger partial charge in [-0.1, -0.05) is 89.4 Å². The van der Waals surface area contributed by atoms with Crippen LogP contribution in [0.1, 0.15) is 37.5 Å². The second-order valence-electron chi connectivity index (χ2n) is 12.2. The first-order valence-electron chi connectivity index (χ1n) is 14.9. The Morgan fingerprint density at radius 3 is 1.94 bits per heavy atom. The van der Waals surface area contributed by atoms with Crippen LogP contribution in [-0.2, 0) is 38.8 Å². The van der Waals surface area contributed by atoms with E-state index in [9.17, 15) is 31.2 Å². The van der Waals surface area contributed by atoms with Gasteiger partial charge < -0.3 is 10.2 Å². The summed E-state index contributed by atoms with van der Waals surface area (Å²) in [6.07, 6.45) is -4.83. The average molecular weight is 755 g/mol. The lowest BCUT2D eigenvalue weighted by Crippen LogP contribution is -2.56. The van der Waals surface area contributed by atoms with E-state index < -0.39 is 57.4 Å². The molecule has 260 valence electrons. The Bertz CT molecular complexity index is 1910. The number of sulfonamides is 1. The van der Waals surface area contributed by atoms with Gasteiger partial charge in [-0.05, 0) is 74.4 Å². The topological polar surface area (TPSA) is 86.8 Å². The van der Waals surface area contributed by atoms with Crippen LogP contribution in [-0.4, -0.2) is 43.3 Å². The third-order valence-corrected chi connectivity index (χ3v) is 10.1. The van der Waals surface area contributed by atoms with E-state index in [-0.39, 0.29) is 32.9 Å². The molecule has 1 N–H and O–H groups in total. The SMILES string of the molecule is CC(C)(C)NC(=O)[C@@H](Cc1ccccc1)N(Cc1ccc(Cl)c(Cl)c1)C(=O)CN(c1cc(C(F)(F)F)ccc1Cl)S(=O)(=O)c1ccccc1. The largest absolute Gasteiger partial charge is 0.416 e. The molecule has 0 aliphatic carbocycles. The number of nitrogens with zero attached hydrogens (tertiary/aromatic N) is 2. The maximum Gasteiger partial charge on any atom is 0.416 e. The van der Waals surface area contributed by atoms with Gasteiger partial charge in [-0.25, -0.2) is 8.42 Å². The quantitative estimate of drug-likeness (QED) is 0.167. The Morgan fingerprint density at radius 2 is 1.37 bits per heavy atom. The van der Waals surface area contributed by atoms with Crippen molar-refractivity contribution in [2.24, 2.45) is 0 Å². The van der Waals surface area contributed by atoms with Crippen molar-refractivity contribution in [1.82, 2.24) is 10.2 Å². The predicted octanol–water partition coefficient (Wildman–Crippen LogP) is 8.42. The molecular weight excluding hydrogens is 722 g/mol. The van der Waals surface area contributed by atoms with E-state index in [0.29, 0.717) is 27.6 Å². The van der Waals surface area contributed by atoms with E-state index in [1.54, 1.807) is 63.2 Å². The number of amides is 2. The van der Waals surface area contributed by atoms with Crippen LogP contribution in [0.4, 0.5) is 18.9 Å². The van der Waals surface area contributed by atoms with Crippen LogP contribution in [0.15, 0.2) is 102 Å². The maximum absolute atomic E-state index is 14.6. The van der Waals surface area contributed by atoms with Crippen molar-refractivity contribution >= 4 is 62.3 Å². The highest BCUT2D eigenvalue weighted by molar-refractivity contribution is 7.92. The van der Waals surface area contributed by atoms with Gasteiger partial charge >= 0.3 is 6.18 Å². The first kappa shape index (κ1) is 38.0. The highest BCUT2D eigenvalue weighted by Crippen LogP contribution is 2.37. The molecule has 0 aromatic heterocycles. The molecule has 0 radical (unpaired) electrons. The predicted molar refractivity (Wildman–Crippen MR) is 186 cm³/mol. The molecule has 0 bridgehead atoms. The molecule has 0 heterocycles.